The van der Waals surface area contributed by atoms with Crippen molar-refractivity contribution in [1.29, 1.82) is 0 Å². The van der Waals surface area contributed by atoms with Gasteiger partial charge in [0.1, 0.15) is 5.82 Å². The maximum absolute atomic E-state index is 13.7. The predicted octanol–water partition coefficient (Wildman–Crippen LogP) is 2.15. The van der Waals surface area contributed by atoms with Gasteiger partial charge in [-0.15, -0.1) is 0 Å². The van der Waals surface area contributed by atoms with Crippen molar-refractivity contribution in [2.75, 3.05) is 12.3 Å². The van der Waals surface area contributed by atoms with Gasteiger partial charge in [0.2, 0.25) is 0 Å². The number of rotatable bonds is 2. The average Bonchev–Trinajstić information content (AvgIpc) is 3.03. The molecule has 120 valence electrons. The van der Waals surface area contributed by atoms with Gasteiger partial charge in [0, 0.05) is 30.4 Å². The number of aromatic nitrogens is 3. The SMILES string of the molecule is Nc1ccc(-c2nccc(-c3cc4c([nH]3)CCNC4=O)n2)cc1F. The van der Waals surface area contributed by atoms with Crippen LogP contribution in [0.4, 0.5) is 10.1 Å². The zero-order valence-electron chi connectivity index (χ0n) is 12.6. The fraction of sp³-hybridized carbons (Fsp3) is 0.118. The smallest absolute Gasteiger partial charge is 0.253 e. The number of nitrogens with two attached hydrogens (primary N) is 1. The highest BCUT2D eigenvalue weighted by molar-refractivity contribution is 5.97. The Morgan fingerprint density at radius 2 is 2.08 bits per heavy atom. The minimum Gasteiger partial charge on any atom is -0.396 e. The molecule has 0 aliphatic carbocycles. The second kappa shape index (κ2) is 5.45. The van der Waals surface area contributed by atoms with Crippen LogP contribution in [0, 0.1) is 5.82 Å². The Kier molecular flexibility index (Phi) is 3.26. The Bertz CT molecular complexity index is 950. The number of nitrogens with zero attached hydrogens (tertiary/aromatic N) is 2. The summed E-state index contributed by atoms with van der Waals surface area (Å²) in [7, 11) is 0. The van der Waals surface area contributed by atoms with Crippen molar-refractivity contribution in [3.8, 4) is 22.8 Å². The van der Waals surface area contributed by atoms with Crippen molar-refractivity contribution >= 4 is 11.6 Å². The molecule has 7 heteroatoms. The van der Waals surface area contributed by atoms with E-state index in [4.69, 9.17) is 5.73 Å². The van der Waals surface area contributed by atoms with Crippen LogP contribution in [0.3, 0.4) is 0 Å². The summed E-state index contributed by atoms with van der Waals surface area (Å²) in [5.74, 6) is -0.203. The number of nitrogens with one attached hydrogen (secondary N) is 2. The van der Waals surface area contributed by atoms with Crippen molar-refractivity contribution in [3.05, 3.63) is 53.6 Å². The number of H-pyrrole nitrogens is 1. The third-order valence-corrected chi connectivity index (χ3v) is 3.99. The molecule has 1 aliphatic heterocycles. The van der Waals surface area contributed by atoms with Gasteiger partial charge >= 0.3 is 0 Å². The maximum Gasteiger partial charge on any atom is 0.253 e. The molecule has 0 fully saturated rings. The van der Waals surface area contributed by atoms with E-state index < -0.39 is 5.82 Å². The van der Waals surface area contributed by atoms with E-state index in [1.807, 2.05) is 0 Å². The Hall–Kier alpha value is -3.22. The highest BCUT2D eigenvalue weighted by Crippen LogP contribution is 2.25. The van der Waals surface area contributed by atoms with Crippen molar-refractivity contribution in [3.63, 3.8) is 0 Å². The molecule has 0 saturated carbocycles. The molecular formula is C17H14FN5O. The molecule has 3 aromatic rings. The summed E-state index contributed by atoms with van der Waals surface area (Å²) in [5, 5.41) is 2.81. The van der Waals surface area contributed by atoms with E-state index in [0.717, 1.165) is 17.8 Å². The van der Waals surface area contributed by atoms with Crippen LogP contribution in [0.5, 0.6) is 0 Å². The Labute approximate surface area is 136 Å². The number of hydrogen-bond acceptors (Lipinski definition) is 4. The molecule has 0 unspecified atom stereocenters. The minimum absolute atomic E-state index is 0.0814. The molecule has 4 N–H and O–H groups in total. The largest absolute Gasteiger partial charge is 0.396 e. The maximum atomic E-state index is 13.7. The lowest BCUT2D eigenvalue weighted by Crippen LogP contribution is -2.31. The number of nitrogen functional groups attached to an aromatic ring is 1. The number of carbonyl (C=O) groups is 1. The number of aromatic amines is 1. The molecule has 0 saturated heterocycles. The predicted molar refractivity (Wildman–Crippen MR) is 87.7 cm³/mol. The van der Waals surface area contributed by atoms with Gasteiger partial charge in [0.05, 0.1) is 22.6 Å². The highest BCUT2D eigenvalue weighted by Gasteiger charge is 2.20. The van der Waals surface area contributed by atoms with E-state index in [9.17, 15) is 9.18 Å². The second-order valence-electron chi connectivity index (χ2n) is 5.58. The van der Waals surface area contributed by atoms with Crippen LogP contribution in [0.2, 0.25) is 0 Å². The number of hydrogen-bond donors (Lipinski definition) is 3. The van der Waals surface area contributed by atoms with Crippen LogP contribution in [-0.2, 0) is 6.42 Å². The molecule has 2 aromatic heterocycles. The lowest BCUT2D eigenvalue weighted by Gasteiger charge is -2.10. The fourth-order valence-corrected chi connectivity index (χ4v) is 2.75. The third-order valence-electron chi connectivity index (χ3n) is 3.99. The van der Waals surface area contributed by atoms with Crippen LogP contribution in [0.15, 0.2) is 36.5 Å². The summed E-state index contributed by atoms with van der Waals surface area (Å²) in [6.07, 6.45) is 2.36. The first-order valence-electron chi connectivity index (χ1n) is 7.51. The van der Waals surface area contributed by atoms with E-state index in [2.05, 4.69) is 20.3 Å². The molecule has 0 radical (unpaired) electrons. The monoisotopic (exact) mass is 323 g/mol. The minimum atomic E-state index is -0.506. The quantitative estimate of drug-likeness (QED) is 0.630. The van der Waals surface area contributed by atoms with Crippen LogP contribution in [0.1, 0.15) is 16.1 Å². The van der Waals surface area contributed by atoms with Gasteiger partial charge in [0.25, 0.3) is 5.91 Å². The third kappa shape index (κ3) is 2.40. The van der Waals surface area contributed by atoms with E-state index in [1.165, 1.54) is 12.1 Å². The molecule has 24 heavy (non-hydrogen) atoms. The Balaban J connectivity index is 1.75. The van der Waals surface area contributed by atoms with Gasteiger partial charge in [0.15, 0.2) is 5.82 Å². The van der Waals surface area contributed by atoms with Crippen molar-refractivity contribution in [1.82, 2.24) is 20.3 Å². The van der Waals surface area contributed by atoms with E-state index in [1.54, 1.807) is 24.4 Å². The zero-order chi connectivity index (χ0) is 16.7. The summed E-state index contributed by atoms with van der Waals surface area (Å²) in [4.78, 5) is 23.8. The Morgan fingerprint density at radius 1 is 1.21 bits per heavy atom. The van der Waals surface area contributed by atoms with Gasteiger partial charge in [-0.3, -0.25) is 4.79 Å². The fourth-order valence-electron chi connectivity index (χ4n) is 2.75. The lowest BCUT2D eigenvalue weighted by atomic mass is 10.1. The summed E-state index contributed by atoms with van der Waals surface area (Å²) < 4.78 is 13.7. The molecule has 1 amide bonds. The molecule has 6 nitrogen and oxygen atoms in total. The van der Waals surface area contributed by atoms with Gasteiger partial charge < -0.3 is 16.0 Å². The molecule has 3 heterocycles. The first kappa shape index (κ1) is 14.4. The summed E-state index contributed by atoms with van der Waals surface area (Å²) in [5.41, 5.74) is 9.02. The lowest BCUT2D eigenvalue weighted by molar-refractivity contribution is 0.0946. The summed E-state index contributed by atoms with van der Waals surface area (Å²) >= 11 is 0. The van der Waals surface area contributed by atoms with Gasteiger partial charge in [-0.2, -0.15) is 0 Å². The first-order valence-corrected chi connectivity index (χ1v) is 7.51. The van der Waals surface area contributed by atoms with E-state index in [-0.39, 0.29) is 11.6 Å². The molecule has 0 bridgehead atoms. The van der Waals surface area contributed by atoms with Crippen LogP contribution in [-0.4, -0.2) is 27.4 Å². The van der Waals surface area contributed by atoms with Crippen molar-refractivity contribution in [2.45, 2.75) is 6.42 Å². The molecule has 4 rings (SSSR count). The topological polar surface area (TPSA) is 96.7 Å². The molecular weight excluding hydrogens is 309 g/mol. The summed E-state index contributed by atoms with van der Waals surface area (Å²) in [6.45, 7) is 0.617. The molecule has 0 atom stereocenters. The Morgan fingerprint density at radius 3 is 2.88 bits per heavy atom. The average molecular weight is 323 g/mol. The number of fused-ring (bicyclic) bond motifs is 1. The number of halogens is 1. The number of anilines is 1. The standard InChI is InChI=1S/C17H14FN5O/c18-11-7-9(1-2-12(11)19)16-20-5-4-14(23-16)15-8-10-13(22-15)3-6-21-17(10)24/h1-2,4-5,7-8,22H,3,6,19H2,(H,21,24). The molecule has 1 aliphatic rings. The normalized spacial score (nSPS) is 13.5. The van der Waals surface area contributed by atoms with Gasteiger partial charge in [-0.25, -0.2) is 14.4 Å². The van der Waals surface area contributed by atoms with Crippen LogP contribution in [0.25, 0.3) is 22.8 Å². The molecule has 0 spiro atoms. The van der Waals surface area contributed by atoms with Gasteiger partial charge in [-0.1, -0.05) is 0 Å². The van der Waals surface area contributed by atoms with E-state index in [0.29, 0.717) is 29.2 Å². The van der Waals surface area contributed by atoms with E-state index >= 15 is 0 Å². The number of carbonyl (C=O) groups excluding carboxylic acids is 1. The molecule has 1 aromatic carbocycles. The summed E-state index contributed by atoms with van der Waals surface area (Å²) in [6, 6.07) is 7.98. The van der Waals surface area contributed by atoms with Crippen LogP contribution >= 0.6 is 0 Å². The first-order chi connectivity index (χ1) is 11.6. The van der Waals surface area contributed by atoms with Crippen LogP contribution < -0.4 is 11.1 Å². The van der Waals surface area contributed by atoms with Gasteiger partial charge in [-0.05, 0) is 30.3 Å². The number of amides is 1. The second-order valence-corrected chi connectivity index (χ2v) is 5.58. The highest BCUT2D eigenvalue weighted by atomic mass is 19.1. The zero-order valence-corrected chi connectivity index (χ0v) is 12.6. The van der Waals surface area contributed by atoms with Crippen molar-refractivity contribution in [2.24, 2.45) is 0 Å². The van der Waals surface area contributed by atoms with Crippen molar-refractivity contribution < 1.29 is 9.18 Å². The number of benzene rings is 1.